The van der Waals surface area contributed by atoms with Gasteiger partial charge in [-0.3, -0.25) is 0 Å². The van der Waals surface area contributed by atoms with E-state index in [4.69, 9.17) is 10.5 Å². The Morgan fingerprint density at radius 1 is 1.39 bits per heavy atom. The summed E-state index contributed by atoms with van der Waals surface area (Å²) in [4.78, 5) is 12.7. The van der Waals surface area contributed by atoms with Crippen molar-refractivity contribution >= 4 is 32.8 Å². The molecule has 0 spiro atoms. The summed E-state index contributed by atoms with van der Waals surface area (Å²) in [6.07, 6.45) is 6.80. The highest BCUT2D eigenvalue weighted by Gasteiger charge is 2.19. The van der Waals surface area contributed by atoms with Gasteiger partial charge in [-0.25, -0.2) is 15.0 Å². The van der Waals surface area contributed by atoms with E-state index in [0.717, 1.165) is 52.9 Å². The third-order valence-corrected chi connectivity index (χ3v) is 4.60. The minimum Gasteiger partial charge on any atom is -0.381 e. The van der Waals surface area contributed by atoms with Gasteiger partial charge in [0.2, 0.25) is 5.95 Å². The smallest absolute Gasteiger partial charge is 0.220 e. The van der Waals surface area contributed by atoms with E-state index in [-0.39, 0.29) is 5.95 Å². The predicted molar refractivity (Wildman–Crippen MR) is 91.8 cm³/mol. The first-order valence-corrected chi connectivity index (χ1v) is 8.31. The van der Waals surface area contributed by atoms with Crippen molar-refractivity contribution < 1.29 is 4.74 Å². The van der Waals surface area contributed by atoms with Gasteiger partial charge in [-0.2, -0.15) is 0 Å². The zero-order valence-electron chi connectivity index (χ0n) is 12.4. The number of pyridine rings is 1. The van der Waals surface area contributed by atoms with E-state index in [2.05, 4.69) is 41.6 Å². The number of nitrogens with zero attached hydrogens (tertiary/aromatic N) is 4. The number of hydrogen-bond donors (Lipinski definition) is 1. The lowest BCUT2D eigenvalue weighted by atomic mass is 10.1. The number of fused-ring (bicyclic) bond motifs is 1. The molecule has 0 radical (unpaired) electrons. The van der Waals surface area contributed by atoms with Crippen LogP contribution in [0.15, 0.2) is 35.3 Å². The highest BCUT2D eigenvalue weighted by Crippen LogP contribution is 2.32. The molecule has 23 heavy (non-hydrogen) atoms. The molecule has 1 atom stereocenters. The molecule has 3 aromatic rings. The van der Waals surface area contributed by atoms with Crippen LogP contribution in [0.2, 0.25) is 0 Å². The quantitative estimate of drug-likeness (QED) is 0.714. The van der Waals surface area contributed by atoms with Crippen LogP contribution in [0.5, 0.6) is 0 Å². The monoisotopic (exact) mass is 373 g/mol. The van der Waals surface area contributed by atoms with Crippen molar-refractivity contribution in [2.45, 2.75) is 13.0 Å². The molecule has 4 rings (SSSR count). The van der Waals surface area contributed by atoms with Gasteiger partial charge in [-0.15, -0.1) is 0 Å². The number of nitrogen functional groups attached to an aromatic ring is 1. The molecule has 4 heterocycles. The number of aromatic nitrogens is 4. The molecule has 0 amide bonds. The first kappa shape index (κ1) is 14.6. The van der Waals surface area contributed by atoms with Crippen LogP contribution in [0.25, 0.3) is 22.2 Å². The summed E-state index contributed by atoms with van der Waals surface area (Å²) in [5.74, 6) is 0.818. The SMILES string of the molecule is Nc1nccc(-c2cn(CC3CCOC3)c3cnc(Br)cc23)n1. The molecule has 6 nitrogen and oxygen atoms in total. The standard InChI is InChI=1S/C16H16BrN5O/c17-15-5-11-12(13-1-3-19-16(18)21-13)8-22(14(11)6-20-15)7-10-2-4-23-9-10/h1,3,5-6,8,10H,2,4,7,9H2,(H2,18,19,21). The van der Waals surface area contributed by atoms with Gasteiger partial charge in [0, 0.05) is 42.4 Å². The second-order valence-corrected chi connectivity index (χ2v) is 6.56. The Morgan fingerprint density at radius 2 is 2.30 bits per heavy atom. The molecule has 1 unspecified atom stereocenters. The molecular weight excluding hydrogens is 358 g/mol. The molecule has 118 valence electrons. The van der Waals surface area contributed by atoms with Crippen LogP contribution in [0.3, 0.4) is 0 Å². The summed E-state index contributed by atoms with van der Waals surface area (Å²) in [5, 5.41) is 1.10. The van der Waals surface area contributed by atoms with Gasteiger partial charge in [0.15, 0.2) is 0 Å². The van der Waals surface area contributed by atoms with E-state index in [1.807, 2.05) is 18.3 Å². The lowest BCUT2D eigenvalue weighted by Crippen LogP contribution is -2.09. The van der Waals surface area contributed by atoms with E-state index in [1.165, 1.54) is 0 Å². The Hall–Kier alpha value is -1.99. The van der Waals surface area contributed by atoms with E-state index >= 15 is 0 Å². The lowest BCUT2D eigenvalue weighted by Gasteiger charge is -2.10. The second-order valence-electron chi connectivity index (χ2n) is 5.75. The van der Waals surface area contributed by atoms with E-state index in [9.17, 15) is 0 Å². The molecule has 0 saturated carbocycles. The van der Waals surface area contributed by atoms with E-state index < -0.39 is 0 Å². The summed E-state index contributed by atoms with van der Waals surface area (Å²) in [6.45, 7) is 2.59. The lowest BCUT2D eigenvalue weighted by molar-refractivity contribution is 0.183. The Bertz CT molecular complexity index is 857. The summed E-state index contributed by atoms with van der Waals surface area (Å²) in [6, 6.07) is 3.90. The Balaban J connectivity index is 1.84. The van der Waals surface area contributed by atoms with Crippen LogP contribution >= 0.6 is 15.9 Å². The van der Waals surface area contributed by atoms with Gasteiger partial charge < -0.3 is 15.0 Å². The van der Waals surface area contributed by atoms with Crippen molar-refractivity contribution in [3.63, 3.8) is 0 Å². The number of rotatable bonds is 3. The Kier molecular flexibility index (Phi) is 3.74. The fourth-order valence-electron chi connectivity index (χ4n) is 3.05. The largest absolute Gasteiger partial charge is 0.381 e. The van der Waals surface area contributed by atoms with E-state index in [1.54, 1.807) is 6.20 Å². The third kappa shape index (κ3) is 2.82. The van der Waals surface area contributed by atoms with E-state index in [0.29, 0.717) is 5.92 Å². The molecule has 1 aliphatic rings. The topological polar surface area (TPSA) is 78.8 Å². The molecule has 1 aliphatic heterocycles. The maximum absolute atomic E-state index is 5.74. The highest BCUT2D eigenvalue weighted by atomic mass is 79.9. The summed E-state index contributed by atoms with van der Waals surface area (Å²) >= 11 is 3.45. The molecular formula is C16H16BrN5O. The Labute approximate surface area is 141 Å². The number of hydrogen-bond acceptors (Lipinski definition) is 5. The molecule has 7 heteroatoms. The number of anilines is 1. The van der Waals surface area contributed by atoms with Crippen molar-refractivity contribution in [2.75, 3.05) is 18.9 Å². The molecule has 0 bridgehead atoms. The average Bonchev–Trinajstić information content (AvgIpc) is 3.16. The van der Waals surface area contributed by atoms with Crippen LogP contribution in [0.4, 0.5) is 5.95 Å². The zero-order chi connectivity index (χ0) is 15.8. The minimum absolute atomic E-state index is 0.278. The number of ether oxygens (including phenoxy) is 1. The summed E-state index contributed by atoms with van der Waals surface area (Å²) < 4.78 is 8.53. The maximum atomic E-state index is 5.74. The summed E-state index contributed by atoms with van der Waals surface area (Å²) in [7, 11) is 0. The summed E-state index contributed by atoms with van der Waals surface area (Å²) in [5.41, 5.74) is 8.69. The van der Waals surface area contributed by atoms with Crippen molar-refractivity contribution in [1.29, 1.82) is 0 Å². The molecule has 0 aliphatic carbocycles. The van der Waals surface area contributed by atoms with Gasteiger partial charge in [0.1, 0.15) is 4.60 Å². The van der Waals surface area contributed by atoms with Crippen LogP contribution < -0.4 is 5.73 Å². The fourth-order valence-corrected chi connectivity index (χ4v) is 3.38. The number of nitrogens with two attached hydrogens (primary N) is 1. The van der Waals surface area contributed by atoms with Gasteiger partial charge in [-0.1, -0.05) is 0 Å². The molecule has 3 aromatic heterocycles. The van der Waals surface area contributed by atoms with Crippen LogP contribution in [-0.4, -0.2) is 32.7 Å². The first-order valence-electron chi connectivity index (χ1n) is 7.52. The molecule has 0 aromatic carbocycles. The van der Waals surface area contributed by atoms with Crippen molar-refractivity contribution in [3.8, 4) is 11.3 Å². The zero-order valence-corrected chi connectivity index (χ0v) is 14.0. The van der Waals surface area contributed by atoms with Crippen LogP contribution in [0, 0.1) is 5.92 Å². The van der Waals surface area contributed by atoms with Crippen molar-refractivity contribution in [1.82, 2.24) is 19.5 Å². The second kappa shape index (κ2) is 5.90. The van der Waals surface area contributed by atoms with Gasteiger partial charge in [0.05, 0.1) is 24.0 Å². The molecule has 1 saturated heterocycles. The average molecular weight is 374 g/mol. The molecule has 2 N–H and O–H groups in total. The third-order valence-electron chi connectivity index (χ3n) is 4.16. The van der Waals surface area contributed by atoms with Gasteiger partial charge >= 0.3 is 0 Å². The fraction of sp³-hybridized carbons (Fsp3) is 0.312. The molecule has 1 fully saturated rings. The maximum Gasteiger partial charge on any atom is 0.220 e. The van der Waals surface area contributed by atoms with Crippen LogP contribution in [0.1, 0.15) is 6.42 Å². The first-order chi connectivity index (χ1) is 11.2. The highest BCUT2D eigenvalue weighted by molar-refractivity contribution is 9.10. The normalized spacial score (nSPS) is 17.9. The number of halogens is 1. The van der Waals surface area contributed by atoms with Crippen molar-refractivity contribution in [3.05, 3.63) is 35.3 Å². The minimum atomic E-state index is 0.278. The van der Waals surface area contributed by atoms with Crippen LogP contribution in [-0.2, 0) is 11.3 Å². The van der Waals surface area contributed by atoms with Gasteiger partial charge in [0.25, 0.3) is 0 Å². The van der Waals surface area contributed by atoms with Gasteiger partial charge in [-0.05, 0) is 34.5 Å². The van der Waals surface area contributed by atoms with Crippen molar-refractivity contribution in [2.24, 2.45) is 5.92 Å². The Morgan fingerprint density at radius 3 is 3.09 bits per heavy atom. The predicted octanol–water partition coefficient (Wildman–Crippen LogP) is 2.87.